The van der Waals surface area contributed by atoms with Crippen LogP contribution in [-0.2, 0) is 4.79 Å². The maximum atomic E-state index is 12.6. The Hall–Kier alpha value is -2.04. The van der Waals surface area contributed by atoms with Crippen molar-refractivity contribution in [3.8, 4) is 0 Å². The van der Waals surface area contributed by atoms with Gasteiger partial charge in [0.1, 0.15) is 5.84 Å². The number of rotatable bonds is 6. The largest absolute Gasteiger partial charge is 0.409 e. The van der Waals surface area contributed by atoms with Gasteiger partial charge >= 0.3 is 0 Å². The summed E-state index contributed by atoms with van der Waals surface area (Å²) < 4.78 is 0. The quantitative estimate of drug-likeness (QED) is 0.363. The summed E-state index contributed by atoms with van der Waals surface area (Å²) in [6, 6.07) is 9.45. The Morgan fingerprint density at radius 3 is 2.40 bits per heavy atom. The molecule has 0 radical (unpaired) electrons. The lowest BCUT2D eigenvalue weighted by molar-refractivity contribution is -0.123. The molecule has 1 amide bonds. The molecule has 0 aliphatic heterocycles. The average molecular weight is 277 g/mol. The number of hydrogen-bond donors (Lipinski definition) is 2. The van der Waals surface area contributed by atoms with Crippen molar-refractivity contribution >= 4 is 17.4 Å². The standard InChI is InChI=1S/C15H23N3O2/c1-11(2)12(3)15(19)18(10-9-14(16)17-20)13-7-5-4-6-8-13/h4-8,11-12,20H,9-10H2,1-3H3,(H2,16,17). The number of amides is 1. The highest BCUT2D eigenvalue weighted by Gasteiger charge is 2.24. The van der Waals surface area contributed by atoms with Crippen LogP contribution in [0.2, 0.25) is 0 Å². The van der Waals surface area contributed by atoms with Crippen molar-refractivity contribution in [2.45, 2.75) is 27.2 Å². The molecule has 0 bridgehead atoms. The number of nitrogens with zero attached hydrogens (tertiary/aromatic N) is 2. The Morgan fingerprint density at radius 2 is 1.90 bits per heavy atom. The van der Waals surface area contributed by atoms with E-state index in [1.54, 1.807) is 4.90 Å². The number of amidine groups is 1. The Labute approximate surface area is 120 Å². The SMILES string of the molecule is CC(C)C(C)C(=O)N(CCC(N)=NO)c1ccccc1. The lowest BCUT2D eigenvalue weighted by Gasteiger charge is -2.27. The Bertz CT molecular complexity index is 457. The smallest absolute Gasteiger partial charge is 0.230 e. The molecule has 1 unspecified atom stereocenters. The van der Waals surface area contributed by atoms with Crippen LogP contribution in [0.25, 0.3) is 0 Å². The third-order valence-corrected chi connectivity index (χ3v) is 3.44. The van der Waals surface area contributed by atoms with E-state index in [2.05, 4.69) is 5.16 Å². The summed E-state index contributed by atoms with van der Waals surface area (Å²) in [5, 5.41) is 11.6. The van der Waals surface area contributed by atoms with Gasteiger partial charge in [-0.2, -0.15) is 0 Å². The molecule has 0 aliphatic rings. The molecule has 1 aromatic carbocycles. The van der Waals surface area contributed by atoms with E-state index in [0.717, 1.165) is 5.69 Å². The summed E-state index contributed by atoms with van der Waals surface area (Å²) in [6.45, 7) is 6.37. The fraction of sp³-hybridized carbons (Fsp3) is 0.467. The molecular weight excluding hydrogens is 254 g/mol. The number of anilines is 1. The first kappa shape index (κ1) is 16.0. The van der Waals surface area contributed by atoms with E-state index >= 15 is 0 Å². The molecule has 0 spiro atoms. The van der Waals surface area contributed by atoms with Crippen LogP contribution in [0.3, 0.4) is 0 Å². The van der Waals surface area contributed by atoms with Crippen LogP contribution in [0.15, 0.2) is 35.5 Å². The maximum absolute atomic E-state index is 12.6. The normalized spacial score (nSPS) is 13.3. The molecule has 3 N–H and O–H groups in total. The van der Waals surface area contributed by atoms with Gasteiger partial charge in [-0.15, -0.1) is 0 Å². The highest BCUT2D eigenvalue weighted by atomic mass is 16.4. The number of oxime groups is 1. The van der Waals surface area contributed by atoms with E-state index < -0.39 is 0 Å². The molecule has 0 heterocycles. The molecule has 1 rings (SSSR count). The van der Waals surface area contributed by atoms with E-state index in [1.807, 2.05) is 51.1 Å². The van der Waals surface area contributed by atoms with E-state index in [0.29, 0.717) is 13.0 Å². The van der Waals surface area contributed by atoms with E-state index in [-0.39, 0.29) is 23.6 Å². The number of para-hydroxylation sites is 1. The third-order valence-electron chi connectivity index (χ3n) is 3.44. The van der Waals surface area contributed by atoms with Gasteiger partial charge in [0.05, 0.1) is 0 Å². The first-order valence-corrected chi connectivity index (χ1v) is 6.80. The van der Waals surface area contributed by atoms with Crippen LogP contribution in [0.4, 0.5) is 5.69 Å². The van der Waals surface area contributed by atoms with Gasteiger partial charge in [0.25, 0.3) is 0 Å². The highest BCUT2D eigenvalue weighted by Crippen LogP contribution is 2.20. The van der Waals surface area contributed by atoms with Gasteiger partial charge < -0.3 is 15.8 Å². The van der Waals surface area contributed by atoms with Gasteiger partial charge in [0.2, 0.25) is 5.91 Å². The van der Waals surface area contributed by atoms with Gasteiger partial charge in [-0.25, -0.2) is 0 Å². The lowest BCUT2D eigenvalue weighted by Crippen LogP contribution is -2.39. The van der Waals surface area contributed by atoms with Crippen molar-refractivity contribution in [1.29, 1.82) is 0 Å². The van der Waals surface area contributed by atoms with Crippen LogP contribution >= 0.6 is 0 Å². The predicted octanol–water partition coefficient (Wildman–Crippen LogP) is 2.45. The minimum absolute atomic E-state index is 0.0527. The molecule has 0 fully saturated rings. The Morgan fingerprint density at radius 1 is 1.30 bits per heavy atom. The summed E-state index contributed by atoms with van der Waals surface area (Å²) in [6.07, 6.45) is 0.335. The van der Waals surface area contributed by atoms with E-state index in [1.165, 1.54) is 0 Å². The van der Waals surface area contributed by atoms with Crippen molar-refractivity contribution in [2.24, 2.45) is 22.7 Å². The minimum Gasteiger partial charge on any atom is -0.409 e. The fourth-order valence-corrected chi connectivity index (χ4v) is 1.78. The topological polar surface area (TPSA) is 78.9 Å². The number of benzene rings is 1. The minimum atomic E-state index is -0.0810. The van der Waals surface area contributed by atoms with Crippen molar-refractivity contribution in [1.82, 2.24) is 0 Å². The molecule has 110 valence electrons. The number of hydrogen-bond acceptors (Lipinski definition) is 3. The number of carbonyl (C=O) groups is 1. The molecule has 0 aromatic heterocycles. The monoisotopic (exact) mass is 277 g/mol. The highest BCUT2D eigenvalue weighted by molar-refractivity contribution is 5.95. The predicted molar refractivity (Wildman–Crippen MR) is 80.8 cm³/mol. The van der Waals surface area contributed by atoms with Gasteiger partial charge in [0, 0.05) is 24.6 Å². The molecule has 5 nitrogen and oxygen atoms in total. The van der Waals surface area contributed by atoms with Crippen LogP contribution in [-0.4, -0.2) is 23.5 Å². The van der Waals surface area contributed by atoms with Crippen molar-refractivity contribution in [2.75, 3.05) is 11.4 Å². The van der Waals surface area contributed by atoms with Crippen LogP contribution in [0.5, 0.6) is 0 Å². The van der Waals surface area contributed by atoms with Gasteiger partial charge in [-0.05, 0) is 18.1 Å². The average Bonchev–Trinajstić information content (AvgIpc) is 2.47. The van der Waals surface area contributed by atoms with Gasteiger partial charge in [0.15, 0.2) is 0 Å². The van der Waals surface area contributed by atoms with Crippen molar-refractivity contribution < 1.29 is 10.0 Å². The molecule has 20 heavy (non-hydrogen) atoms. The van der Waals surface area contributed by atoms with Gasteiger partial charge in [-0.3, -0.25) is 4.79 Å². The van der Waals surface area contributed by atoms with Crippen LogP contribution < -0.4 is 10.6 Å². The van der Waals surface area contributed by atoms with Crippen molar-refractivity contribution in [3.05, 3.63) is 30.3 Å². The Kier molecular flexibility index (Phi) is 6.03. The molecular formula is C15H23N3O2. The number of carbonyl (C=O) groups excluding carboxylic acids is 1. The second-order valence-corrected chi connectivity index (χ2v) is 5.20. The van der Waals surface area contributed by atoms with E-state index in [4.69, 9.17) is 10.9 Å². The maximum Gasteiger partial charge on any atom is 0.230 e. The zero-order valence-corrected chi connectivity index (χ0v) is 12.3. The summed E-state index contributed by atoms with van der Waals surface area (Å²) in [5.74, 6) is 0.355. The lowest BCUT2D eigenvalue weighted by atomic mass is 9.96. The number of nitrogens with two attached hydrogens (primary N) is 1. The fourth-order valence-electron chi connectivity index (χ4n) is 1.78. The molecule has 1 aromatic rings. The first-order chi connectivity index (χ1) is 9.47. The molecule has 0 aliphatic carbocycles. The summed E-state index contributed by atoms with van der Waals surface area (Å²) in [5.41, 5.74) is 6.33. The molecule has 5 heteroatoms. The zero-order chi connectivity index (χ0) is 15.1. The second kappa shape index (κ2) is 7.53. The van der Waals surface area contributed by atoms with Gasteiger partial charge in [-0.1, -0.05) is 44.1 Å². The zero-order valence-electron chi connectivity index (χ0n) is 12.3. The summed E-state index contributed by atoms with van der Waals surface area (Å²) >= 11 is 0. The summed E-state index contributed by atoms with van der Waals surface area (Å²) in [7, 11) is 0. The Balaban J connectivity index is 2.93. The first-order valence-electron chi connectivity index (χ1n) is 6.80. The molecule has 1 atom stereocenters. The molecule has 0 saturated heterocycles. The summed E-state index contributed by atoms with van der Waals surface area (Å²) in [4.78, 5) is 14.3. The van der Waals surface area contributed by atoms with Crippen LogP contribution in [0.1, 0.15) is 27.2 Å². The third kappa shape index (κ3) is 4.26. The second-order valence-electron chi connectivity index (χ2n) is 5.20. The van der Waals surface area contributed by atoms with E-state index in [9.17, 15) is 4.79 Å². The van der Waals surface area contributed by atoms with Crippen molar-refractivity contribution in [3.63, 3.8) is 0 Å². The molecule has 0 saturated carbocycles. The van der Waals surface area contributed by atoms with Crippen LogP contribution in [0, 0.1) is 11.8 Å².